The molecule has 1 aliphatic rings. The van der Waals surface area contributed by atoms with Crippen LogP contribution in [0.3, 0.4) is 0 Å². The fourth-order valence-corrected chi connectivity index (χ4v) is 4.11. The number of aryl methyl sites for hydroxylation is 2. The van der Waals surface area contributed by atoms with Crippen LogP contribution in [0.5, 0.6) is 0 Å². The lowest BCUT2D eigenvalue weighted by Crippen LogP contribution is -2.50. The van der Waals surface area contributed by atoms with Gasteiger partial charge in [-0.05, 0) is 37.5 Å². The highest BCUT2D eigenvalue weighted by Gasteiger charge is 2.39. The van der Waals surface area contributed by atoms with Gasteiger partial charge in [0.1, 0.15) is 0 Å². The molecule has 3 rings (SSSR count). The van der Waals surface area contributed by atoms with Gasteiger partial charge in [0.15, 0.2) is 6.54 Å². The summed E-state index contributed by atoms with van der Waals surface area (Å²) in [7, 11) is 0. The number of carbonyl (C=O) groups is 1. The fourth-order valence-electron chi connectivity index (χ4n) is 4.11. The Hall–Kier alpha value is -2.13. The minimum Gasteiger partial charge on any atom is -0.321 e. The highest BCUT2D eigenvalue weighted by atomic mass is 16.2. The van der Waals surface area contributed by atoms with Crippen LogP contribution >= 0.6 is 0 Å². The van der Waals surface area contributed by atoms with Gasteiger partial charge in [0, 0.05) is 18.0 Å². The number of para-hydroxylation sites is 1. The zero-order valence-corrected chi connectivity index (χ0v) is 15.6. The van der Waals surface area contributed by atoms with Gasteiger partial charge in [-0.1, -0.05) is 48.5 Å². The predicted molar refractivity (Wildman–Crippen MR) is 104 cm³/mol. The van der Waals surface area contributed by atoms with Crippen LogP contribution in [0.25, 0.3) is 0 Å². The Morgan fingerprint density at radius 2 is 1.76 bits per heavy atom. The molecule has 1 aliphatic heterocycles. The number of likely N-dealkylation sites (N-methyl/N-ethyl adjacent to an activating group) is 1. The molecule has 1 amide bonds. The lowest BCUT2D eigenvalue weighted by atomic mass is 9.99. The van der Waals surface area contributed by atoms with E-state index in [2.05, 4.69) is 42.6 Å². The van der Waals surface area contributed by atoms with Crippen molar-refractivity contribution >= 4 is 11.6 Å². The second-order valence-corrected chi connectivity index (χ2v) is 7.43. The monoisotopic (exact) mass is 337 g/mol. The third kappa shape index (κ3) is 3.93. The standard InChI is InChI=1S/C22H28N2O/c1-4-24(14-13-20(15-24)19-11-6-5-7-12-19)16-21(25)23-22-17(2)9-8-10-18(22)3/h5-12,20H,4,13-16H2,1-3H3/p+1. The minimum absolute atomic E-state index is 0.132. The largest absolute Gasteiger partial charge is 0.321 e. The molecule has 1 heterocycles. The predicted octanol–water partition coefficient (Wildman–Crippen LogP) is 4.27. The van der Waals surface area contributed by atoms with Gasteiger partial charge in [0.05, 0.1) is 19.6 Å². The number of nitrogens with one attached hydrogen (secondary N) is 1. The summed E-state index contributed by atoms with van der Waals surface area (Å²) < 4.78 is 0.885. The van der Waals surface area contributed by atoms with Crippen LogP contribution in [0.1, 0.15) is 36.0 Å². The van der Waals surface area contributed by atoms with E-state index < -0.39 is 0 Å². The van der Waals surface area contributed by atoms with Crippen molar-refractivity contribution in [1.82, 2.24) is 0 Å². The maximum absolute atomic E-state index is 12.8. The topological polar surface area (TPSA) is 29.1 Å². The van der Waals surface area contributed by atoms with Gasteiger partial charge in [-0.3, -0.25) is 4.79 Å². The number of hydrogen-bond donors (Lipinski definition) is 1. The number of anilines is 1. The summed E-state index contributed by atoms with van der Waals surface area (Å²) in [6.07, 6.45) is 1.16. The molecule has 0 radical (unpaired) electrons. The first-order valence-corrected chi connectivity index (χ1v) is 9.29. The van der Waals surface area contributed by atoms with Crippen molar-refractivity contribution in [3.63, 3.8) is 0 Å². The Morgan fingerprint density at radius 1 is 1.08 bits per heavy atom. The molecule has 0 aliphatic carbocycles. The Bertz CT molecular complexity index is 721. The van der Waals surface area contributed by atoms with Gasteiger partial charge in [0.2, 0.25) is 0 Å². The number of hydrogen-bond acceptors (Lipinski definition) is 1. The zero-order chi connectivity index (χ0) is 17.9. The van der Waals surface area contributed by atoms with Gasteiger partial charge in [-0.2, -0.15) is 0 Å². The molecule has 3 heteroatoms. The van der Waals surface area contributed by atoms with E-state index in [0.717, 1.165) is 47.4 Å². The second-order valence-electron chi connectivity index (χ2n) is 7.43. The van der Waals surface area contributed by atoms with Gasteiger partial charge in [-0.25, -0.2) is 0 Å². The van der Waals surface area contributed by atoms with E-state index in [4.69, 9.17) is 0 Å². The Balaban J connectivity index is 1.69. The number of rotatable bonds is 5. The smallest absolute Gasteiger partial charge is 0.279 e. The van der Waals surface area contributed by atoms with Crippen molar-refractivity contribution in [3.05, 3.63) is 65.2 Å². The van der Waals surface area contributed by atoms with E-state index in [9.17, 15) is 4.79 Å². The number of benzene rings is 2. The Labute approximate surface area is 151 Å². The molecule has 1 saturated heterocycles. The fraction of sp³-hybridized carbons (Fsp3) is 0.409. The molecule has 2 aromatic carbocycles. The molecule has 0 bridgehead atoms. The summed E-state index contributed by atoms with van der Waals surface area (Å²) in [5, 5.41) is 3.16. The van der Waals surface area contributed by atoms with Crippen LogP contribution in [0, 0.1) is 13.8 Å². The molecule has 132 valence electrons. The maximum atomic E-state index is 12.8. The van der Waals surface area contributed by atoms with E-state index >= 15 is 0 Å². The molecule has 3 nitrogen and oxygen atoms in total. The summed E-state index contributed by atoms with van der Waals surface area (Å²) in [5.41, 5.74) is 4.63. The number of nitrogens with zero attached hydrogens (tertiary/aromatic N) is 1. The molecular weight excluding hydrogens is 308 g/mol. The van der Waals surface area contributed by atoms with Crippen molar-refractivity contribution < 1.29 is 9.28 Å². The van der Waals surface area contributed by atoms with Crippen molar-refractivity contribution in [2.24, 2.45) is 0 Å². The molecule has 0 spiro atoms. The zero-order valence-electron chi connectivity index (χ0n) is 15.6. The van der Waals surface area contributed by atoms with Crippen LogP contribution in [0.15, 0.2) is 48.5 Å². The molecule has 1 N–H and O–H groups in total. The first-order chi connectivity index (χ1) is 12.0. The lowest BCUT2D eigenvalue weighted by Gasteiger charge is -2.33. The SMILES string of the molecule is CC[N+]1(CC(=O)Nc2c(C)cccc2C)CCC(c2ccccc2)C1. The number of quaternary nitrogens is 1. The highest BCUT2D eigenvalue weighted by molar-refractivity contribution is 5.93. The minimum atomic E-state index is 0.132. The highest BCUT2D eigenvalue weighted by Crippen LogP contribution is 2.32. The Kier molecular flexibility index (Phi) is 5.24. The first kappa shape index (κ1) is 17.7. The van der Waals surface area contributed by atoms with Gasteiger partial charge >= 0.3 is 0 Å². The van der Waals surface area contributed by atoms with Crippen molar-refractivity contribution in [2.75, 3.05) is 31.5 Å². The quantitative estimate of drug-likeness (QED) is 0.811. The average molecular weight is 337 g/mol. The third-order valence-corrected chi connectivity index (χ3v) is 5.73. The average Bonchev–Trinajstić information content (AvgIpc) is 3.04. The summed E-state index contributed by atoms with van der Waals surface area (Å²) in [6, 6.07) is 16.9. The normalized spacial score (nSPS) is 22.8. The van der Waals surface area contributed by atoms with Crippen molar-refractivity contribution in [2.45, 2.75) is 33.1 Å². The summed E-state index contributed by atoms with van der Waals surface area (Å²) in [5.74, 6) is 0.696. The molecule has 2 atom stereocenters. The lowest BCUT2D eigenvalue weighted by molar-refractivity contribution is -0.907. The molecule has 2 aromatic rings. The Morgan fingerprint density at radius 3 is 2.40 bits per heavy atom. The van der Waals surface area contributed by atoms with Crippen molar-refractivity contribution in [1.29, 1.82) is 0 Å². The number of carbonyl (C=O) groups excluding carboxylic acids is 1. The van der Waals surface area contributed by atoms with Crippen LogP contribution in [0.2, 0.25) is 0 Å². The molecule has 1 fully saturated rings. The van der Waals surface area contributed by atoms with Crippen molar-refractivity contribution in [3.8, 4) is 0 Å². The van der Waals surface area contributed by atoms with E-state index in [1.807, 2.05) is 32.0 Å². The van der Waals surface area contributed by atoms with E-state index in [1.54, 1.807) is 0 Å². The van der Waals surface area contributed by atoms with Gasteiger partial charge in [0.25, 0.3) is 5.91 Å². The molecule has 25 heavy (non-hydrogen) atoms. The van der Waals surface area contributed by atoms with Crippen LogP contribution in [0.4, 0.5) is 5.69 Å². The van der Waals surface area contributed by atoms with Crippen LogP contribution < -0.4 is 5.32 Å². The number of amides is 1. The molecule has 2 unspecified atom stereocenters. The summed E-state index contributed by atoms with van der Waals surface area (Å²) in [4.78, 5) is 12.8. The first-order valence-electron chi connectivity index (χ1n) is 9.29. The number of likely N-dealkylation sites (tertiary alicyclic amines) is 1. The van der Waals surface area contributed by atoms with Gasteiger partial charge < -0.3 is 9.80 Å². The summed E-state index contributed by atoms with van der Waals surface area (Å²) in [6.45, 7) is 10.0. The molecule has 0 saturated carbocycles. The molecular formula is C22H29N2O+. The van der Waals surface area contributed by atoms with E-state index in [1.165, 1.54) is 5.56 Å². The summed E-state index contributed by atoms with van der Waals surface area (Å²) >= 11 is 0. The molecule has 0 aromatic heterocycles. The third-order valence-electron chi connectivity index (χ3n) is 5.73. The van der Waals surface area contributed by atoms with Gasteiger partial charge in [-0.15, -0.1) is 0 Å². The van der Waals surface area contributed by atoms with E-state index in [-0.39, 0.29) is 5.91 Å². The maximum Gasteiger partial charge on any atom is 0.279 e. The second kappa shape index (κ2) is 7.40. The van der Waals surface area contributed by atoms with E-state index in [0.29, 0.717) is 12.5 Å². The van der Waals surface area contributed by atoms with Crippen LogP contribution in [-0.4, -0.2) is 36.6 Å². The van der Waals surface area contributed by atoms with Crippen LogP contribution in [-0.2, 0) is 4.79 Å².